The van der Waals surface area contributed by atoms with Gasteiger partial charge in [-0.3, -0.25) is 0 Å². The third-order valence-corrected chi connectivity index (χ3v) is 4.86. The molecule has 7 heteroatoms. The van der Waals surface area contributed by atoms with Crippen LogP contribution in [0.5, 0.6) is 11.5 Å². The van der Waals surface area contributed by atoms with Gasteiger partial charge in [-0.1, -0.05) is 18.2 Å². The Hall–Kier alpha value is -3.74. The Bertz CT molecular complexity index is 1180. The lowest BCUT2D eigenvalue weighted by atomic mass is 10.1. The van der Waals surface area contributed by atoms with Gasteiger partial charge in [-0.05, 0) is 29.8 Å². The molecule has 7 nitrogen and oxygen atoms in total. The van der Waals surface area contributed by atoms with Gasteiger partial charge in [-0.2, -0.15) is 4.98 Å². The molecule has 0 unspecified atom stereocenters. The van der Waals surface area contributed by atoms with Gasteiger partial charge in [-0.15, -0.1) is 0 Å². The van der Waals surface area contributed by atoms with Gasteiger partial charge in [0.05, 0.1) is 5.69 Å². The fraction of sp³-hybridized carbons (Fsp3) is 0.143. The van der Waals surface area contributed by atoms with Gasteiger partial charge in [0.15, 0.2) is 11.5 Å². The van der Waals surface area contributed by atoms with Crippen molar-refractivity contribution >= 4 is 22.7 Å². The van der Waals surface area contributed by atoms with Gasteiger partial charge in [0.2, 0.25) is 12.7 Å². The normalized spacial score (nSPS) is 12.5. The van der Waals surface area contributed by atoms with Crippen molar-refractivity contribution in [2.24, 2.45) is 7.05 Å². The zero-order valence-corrected chi connectivity index (χ0v) is 15.3. The largest absolute Gasteiger partial charge is 0.454 e. The highest BCUT2D eigenvalue weighted by Crippen LogP contribution is 2.33. The Kier molecular flexibility index (Phi) is 3.79. The lowest BCUT2D eigenvalue weighted by Gasteiger charge is -2.10. The van der Waals surface area contributed by atoms with E-state index in [4.69, 9.17) is 15.2 Å². The average Bonchev–Trinajstić information content (AvgIpc) is 3.32. The lowest BCUT2D eigenvalue weighted by Crippen LogP contribution is -2.05. The van der Waals surface area contributed by atoms with Crippen LogP contribution in [0.2, 0.25) is 0 Å². The number of benzene rings is 2. The van der Waals surface area contributed by atoms with E-state index in [2.05, 4.69) is 32.0 Å². The summed E-state index contributed by atoms with van der Waals surface area (Å²) in [5, 5.41) is 4.45. The topological polar surface area (TPSA) is 87.2 Å². The second-order valence-electron chi connectivity index (χ2n) is 6.70. The zero-order valence-electron chi connectivity index (χ0n) is 15.3. The molecule has 0 saturated heterocycles. The van der Waals surface area contributed by atoms with Crippen LogP contribution in [0.15, 0.2) is 54.7 Å². The van der Waals surface area contributed by atoms with Gasteiger partial charge in [-0.25, -0.2) is 4.98 Å². The van der Waals surface area contributed by atoms with Crippen LogP contribution < -0.4 is 20.5 Å². The molecule has 3 N–H and O–H groups in total. The van der Waals surface area contributed by atoms with Crippen molar-refractivity contribution in [3.05, 3.63) is 60.3 Å². The summed E-state index contributed by atoms with van der Waals surface area (Å²) in [5.74, 6) is 2.44. The molecule has 5 rings (SSSR count). The Balaban J connectivity index is 1.44. The quantitative estimate of drug-likeness (QED) is 0.569. The third-order valence-electron chi connectivity index (χ3n) is 4.86. The number of hydrogen-bond acceptors (Lipinski definition) is 6. The number of hydrogen-bond donors (Lipinski definition) is 2. The Morgan fingerprint density at radius 1 is 1.07 bits per heavy atom. The Morgan fingerprint density at radius 3 is 2.89 bits per heavy atom. The predicted molar refractivity (Wildman–Crippen MR) is 108 cm³/mol. The van der Waals surface area contributed by atoms with Crippen LogP contribution in [-0.4, -0.2) is 21.3 Å². The molecule has 0 aliphatic carbocycles. The molecule has 140 valence electrons. The Labute approximate surface area is 161 Å². The Morgan fingerprint density at radius 2 is 1.96 bits per heavy atom. The first-order valence-electron chi connectivity index (χ1n) is 8.99. The van der Waals surface area contributed by atoms with Crippen molar-refractivity contribution in [2.45, 2.75) is 6.54 Å². The number of anilines is 2. The summed E-state index contributed by atoms with van der Waals surface area (Å²) in [6.45, 7) is 0.852. The van der Waals surface area contributed by atoms with Crippen LogP contribution in [0.4, 0.5) is 11.8 Å². The van der Waals surface area contributed by atoms with Crippen LogP contribution in [0.25, 0.3) is 22.2 Å². The highest BCUT2D eigenvalue weighted by Gasteiger charge is 2.14. The molecule has 1 aliphatic heterocycles. The summed E-state index contributed by atoms with van der Waals surface area (Å²) in [4.78, 5) is 8.77. The van der Waals surface area contributed by atoms with Gasteiger partial charge in [0, 0.05) is 42.3 Å². The molecule has 0 amide bonds. The maximum Gasteiger partial charge on any atom is 0.231 e. The molecule has 0 radical (unpaired) electrons. The van der Waals surface area contributed by atoms with E-state index < -0.39 is 0 Å². The van der Waals surface area contributed by atoms with Crippen LogP contribution >= 0.6 is 0 Å². The molecule has 0 saturated carbocycles. The van der Waals surface area contributed by atoms with Crippen molar-refractivity contribution in [2.75, 3.05) is 17.8 Å². The predicted octanol–water partition coefficient (Wildman–Crippen LogP) is 3.56. The van der Waals surface area contributed by atoms with Crippen molar-refractivity contribution in [1.29, 1.82) is 0 Å². The highest BCUT2D eigenvalue weighted by molar-refractivity contribution is 5.95. The fourth-order valence-corrected chi connectivity index (χ4v) is 3.46. The summed E-state index contributed by atoms with van der Waals surface area (Å²) in [6, 6.07) is 16.0. The maximum absolute atomic E-state index is 5.98. The molecule has 2 aromatic heterocycles. The van der Waals surface area contributed by atoms with Crippen LogP contribution in [0.3, 0.4) is 0 Å². The molecule has 2 aromatic carbocycles. The summed E-state index contributed by atoms with van der Waals surface area (Å²) < 4.78 is 12.9. The number of ether oxygens (including phenoxy) is 2. The smallest absolute Gasteiger partial charge is 0.231 e. The standard InChI is InChI=1S/C21H19N5O2/c1-26-8-7-15-14(3-2-4-17(15)26)16-10-20(25-21(22)24-16)23-11-13-5-6-18-19(9-13)28-12-27-18/h2-10H,11-12H2,1H3,(H3,22,23,24,25). The minimum Gasteiger partial charge on any atom is -0.454 e. The van der Waals surface area contributed by atoms with Crippen LogP contribution in [0.1, 0.15) is 5.56 Å². The number of fused-ring (bicyclic) bond motifs is 2. The van der Waals surface area contributed by atoms with E-state index in [1.807, 2.05) is 49.6 Å². The molecule has 0 atom stereocenters. The van der Waals surface area contributed by atoms with E-state index in [0.717, 1.165) is 39.2 Å². The molecule has 0 fully saturated rings. The number of aromatic nitrogens is 3. The summed E-state index contributed by atoms with van der Waals surface area (Å²) in [6.07, 6.45) is 2.04. The number of aryl methyl sites for hydroxylation is 1. The van der Waals surface area contributed by atoms with Crippen molar-refractivity contribution in [1.82, 2.24) is 14.5 Å². The molecule has 28 heavy (non-hydrogen) atoms. The van der Waals surface area contributed by atoms with Crippen molar-refractivity contribution in [3.8, 4) is 22.8 Å². The van der Waals surface area contributed by atoms with E-state index >= 15 is 0 Å². The van der Waals surface area contributed by atoms with Gasteiger partial charge in [0.25, 0.3) is 0 Å². The second-order valence-corrected chi connectivity index (χ2v) is 6.70. The first kappa shape index (κ1) is 16.4. The molecule has 4 aromatic rings. The van der Waals surface area contributed by atoms with E-state index in [9.17, 15) is 0 Å². The fourth-order valence-electron chi connectivity index (χ4n) is 3.46. The molecule has 1 aliphatic rings. The molecule has 3 heterocycles. The molecule has 0 spiro atoms. The number of nitrogen functional groups attached to an aromatic ring is 1. The van der Waals surface area contributed by atoms with Crippen molar-refractivity contribution < 1.29 is 9.47 Å². The first-order valence-corrected chi connectivity index (χ1v) is 8.99. The molecule has 0 bridgehead atoms. The highest BCUT2D eigenvalue weighted by atomic mass is 16.7. The van der Waals surface area contributed by atoms with Crippen LogP contribution in [0, 0.1) is 0 Å². The minimum atomic E-state index is 0.235. The van der Waals surface area contributed by atoms with Gasteiger partial charge < -0.3 is 25.1 Å². The lowest BCUT2D eigenvalue weighted by molar-refractivity contribution is 0.174. The van der Waals surface area contributed by atoms with E-state index in [0.29, 0.717) is 12.4 Å². The first-order chi connectivity index (χ1) is 13.7. The molecular weight excluding hydrogens is 354 g/mol. The molecular formula is C21H19N5O2. The summed E-state index contributed by atoms with van der Waals surface area (Å²) in [5.41, 5.74) is 10.0. The minimum absolute atomic E-state index is 0.235. The van der Waals surface area contributed by atoms with Crippen molar-refractivity contribution in [3.63, 3.8) is 0 Å². The number of rotatable bonds is 4. The maximum atomic E-state index is 5.98. The number of nitrogens with two attached hydrogens (primary N) is 1. The summed E-state index contributed by atoms with van der Waals surface area (Å²) in [7, 11) is 2.03. The number of nitrogens with one attached hydrogen (secondary N) is 1. The SMILES string of the molecule is Cn1ccc2c(-c3cc(NCc4ccc5c(c4)OCO5)nc(N)n3)cccc21. The van der Waals surface area contributed by atoms with E-state index in [1.165, 1.54) is 0 Å². The monoisotopic (exact) mass is 373 g/mol. The van der Waals surface area contributed by atoms with Gasteiger partial charge in [0.1, 0.15) is 5.82 Å². The zero-order chi connectivity index (χ0) is 19.1. The average molecular weight is 373 g/mol. The third kappa shape index (κ3) is 2.87. The second kappa shape index (κ2) is 6.45. The van der Waals surface area contributed by atoms with E-state index in [-0.39, 0.29) is 12.7 Å². The van der Waals surface area contributed by atoms with E-state index in [1.54, 1.807) is 0 Å². The summed E-state index contributed by atoms with van der Waals surface area (Å²) >= 11 is 0. The number of nitrogens with zero attached hydrogens (tertiary/aromatic N) is 3. The van der Waals surface area contributed by atoms with Gasteiger partial charge >= 0.3 is 0 Å². The van der Waals surface area contributed by atoms with Crippen LogP contribution in [-0.2, 0) is 13.6 Å².